The first-order valence-electron chi connectivity index (χ1n) is 21.2. The number of methoxy groups -OCH3 is 1. The Hall–Kier alpha value is -4.83. The fraction of sp³-hybridized carbons (Fsp3) is 0.587. The predicted molar refractivity (Wildman–Crippen MR) is 228 cm³/mol. The van der Waals surface area contributed by atoms with Crippen LogP contribution >= 0.6 is 0 Å². The summed E-state index contributed by atoms with van der Waals surface area (Å²) in [7, 11) is 1.47. The van der Waals surface area contributed by atoms with Gasteiger partial charge in [0.15, 0.2) is 5.75 Å². The van der Waals surface area contributed by atoms with E-state index in [1.807, 2.05) is 0 Å². The van der Waals surface area contributed by atoms with Gasteiger partial charge in [0, 0.05) is 93.6 Å². The molecule has 0 radical (unpaired) electrons. The number of aromatic hydroxyl groups is 2. The molecule has 61 heavy (non-hydrogen) atoms. The highest BCUT2D eigenvalue weighted by molar-refractivity contribution is 6.21. The van der Waals surface area contributed by atoms with Gasteiger partial charge < -0.3 is 49.6 Å². The number of phenols is 2. The molecule has 4 aliphatic rings. The van der Waals surface area contributed by atoms with Gasteiger partial charge in [-0.05, 0) is 25.8 Å². The number of phenolic OH excluding ortho intramolecular Hbond substituents is 2. The number of benzene rings is 2. The van der Waals surface area contributed by atoms with Gasteiger partial charge in [0.25, 0.3) is 11.7 Å². The number of aliphatic hydroxyl groups is 2. The first kappa shape index (κ1) is 45.7. The van der Waals surface area contributed by atoms with Gasteiger partial charge in [-0.15, -0.1) is 0 Å². The minimum absolute atomic E-state index is 0.0538. The van der Waals surface area contributed by atoms with Crippen LogP contribution in [0, 0.1) is 36.5 Å². The zero-order chi connectivity index (χ0) is 44.9. The van der Waals surface area contributed by atoms with Crippen molar-refractivity contribution >= 4 is 34.1 Å². The predicted octanol–water partition coefficient (Wildman–Crippen LogP) is 4.75. The molecule has 4 heterocycles. The number of hydrogen-bond donors (Lipinski definition) is 5. The molecule has 2 aromatic carbocycles. The fourth-order valence-electron chi connectivity index (χ4n) is 9.24. The minimum Gasteiger partial charge on any atom is -0.507 e. The van der Waals surface area contributed by atoms with E-state index in [0.717, 1.165) is 19.6 Å². The third-order valence-corrected chi connectivity index (χ3v) is 12.9. The SMILES string of the molecule is CO[C@@H]1/C=C/O[C@@]2(C)Oc3c(C)c(O)c4c(O)c(c5c(c4c3C2=O)NC2(CCN(CC(C)C)CC2)N=5)=NC(=O)/C(C)=C\C=C\[C@H](C)[C@H](O)[C@@H](C)[C@@H](O)[C@H](C)[C@@H](OC(C)=O)[C@@H]1C. The lowest BCUT2D eigenvalue weighted by Gasteiger charge is -2.38. The van der Waals surface area contributed by atoms with Gasteiger partial charge in [-0.2, -0.15) is 0 Å². The number of allylic oxidation sites excluding steroid dienone is 2. The van der Waals surface area contributed by atoms with Crippen LogP contribution in [-0.4, -0.2) is 106 Å². The number of hydrogen-bond acceptors (Lipinski definition) is 14. The van der Waals surface area contributed by atoms with Gasteiger partial charge in [0.2, 0.25) is 0 Å². The molecule has 332 valence electrons. The third kappa shape index (κ3) is 8.54. The second-order valence-corrected chi connectivity index (χ2v) is 18.0. The number of carbonyl (C=O) groups excluding carboxylic acids is 3. The highest BCUT2D eigenvalue weighted by atomic mass is 16.7. The summed E-state index contributed by atoms with van der Waals surface area (Å²) in [6.45, 7) is 19.6. The Labute approximate surface area is 356 Å². The number of anilines is 1. The van der Waals surface area contributed by atoms with Crippen molar-refractivity contribution in [1.29, 1.82) is 0 Å². The number of nitrogens with zero attached hydrogens (tertiary/aromatic N) is 3. The molecule has 15 nitrogen and oxygen atoms in total. The number of amides is 1. The molecule has 6 rings (SSSR count). The number of aliphatic hydroxyl groups excluding tert-OH is 2. The second kappa shape index (κ2) is 17.5. The van der Waals surface area contributed by atoms with Crippen LogP contribution in [0.15, 0.2) is 46.1 Å². The average Bonchev–Trinajstić information content (AvgIpc) is 3.71. The Morgan fingerprint density at radius 1 is 0.984 bits per heavy atom. The van der Waals surface area contributed by atoms with Crippen LogP contribution in [0.1, 0.15) is 91.1 Å². The van der Waals surface area contributed by atoms with Crippen LogP contribution in [0.2, 0.25) is 0 Å². The summed E-state index contributed by atoms with van der Waals surface area (Å²) in [5, 5.41) is 50.5. The van der Waals surface area contributed by atoms with Crippen molar-refractivity contribution in [3.63, 3.8) is 0 Å². The maximum absolute atomic E-state index is 14.7. The zero-order valence-electron chi connectivity index (χ0n) is 37.1. The largest absolute Gasteiger partial charge is 0.507 e. The van der Waals surface area contributed by atoms with Crippen molar-refractivity contribution in [3.05, 3.63) is 58.0 Å². The van der Waals surface area contributed by atoms with Crippen LogP contribution in [0.25, 0.3) is 10.8 Å². The first-order valence-corrected chi connectivity index (χ1v) is 21.2. The van der Waals surface area contributed by atoms with E-state index in [9.17, 15) is 34.8 Å². The Morgan fingerprint density at radius 2 is 1.66 bits per heavy atom. The Morgan fingerprint density at radius 3 is 2.28 bits per heavy atom. The van der Waals surface area contributed by atoms with Gasteiger partial charge in [-0.25, -0.2) is 4.99 Å². The number of piperidine rings is 1. The highest BCUT2D eigenvalue weighted by Crippen LogP contribution is 2.51. The number of rotatable bonds is 4. The lowest BCUT2D eigenvalue weighted by molar-refractivity contribution is -0.160. The molecular formula is C46H62N4O11. The molecule has 4 aliphatic heterocycles. The molecule has 1 spiro atoms. The molecule has 0 aromatic heterocycles. The number of carbonyl (C=O) groups is 3. The van der Waals surface area contributed by atoms with Crippen molar-refractivity contribution in [2.45, 2.75) is 118 Å². The molecule has 1 amide bonds. The van der Waals surface area contributed by atoms with Crippen molar-refractivity contribution in [3.8, 4) is 17.2 Å². The lowest BCUT2D eigenvalue weighted by atomic mass is 9.78. The molecule has 9 atom stereocenters. The van der Waals surface area contributed by atoms with E-state index in [-0.39, 0.29) is 49.7 Å². The summed E-state index contributed by atoms with van der Waals surface area (Å²) < 4.78 is 24.0. The van der Waals surface area contributed by atoms with Crippen LogP contribution < -0.4 is 20.8 Å². The number of ketones is 1. The molecule has 2 aromatic rings. The van der Waals surface area contributed by atoms with Gasteiger partial charge in [0.1, 0.15) is 34.0 Å². The molecule has 15 heteroatoms. The molecule has 1 fully saturated rings. The molecule has 5 N–H and O–H groups in total. The molecule has 4 bridgehead atoms. The van der Waals surface area contributed by atoms with Crippen LogP contribution in [0.4, 0.5) is 5.69 Å². The Balaban J connectivity index is 1.55. The molecule has 0 aliphatic carbocycles. The maximum atomic E-state index is 14.7. The van der Waals surface area contributed by atoms with Crippen LogP contribution in [0.5, 0.6) is 17.2 Å². The van der Waals surface area contributed by atoms with Crippen molar-refractivity contribution in [2.24, 2.45) is 39.6 Å². The van der Waals surface area contributed by atoms with Crippen molar-refractivity contribution in [2.75, 3.05) is 32.1 Å². The Bertz CT molecular complexity index is 2300. The molecule has 1 saturated heterocycles. The molecular weight excluding hydrogens is 785 g/mol. The fourth-order valence-corrected chi connectivity index (χ4v) is 9.24. The lowest BCUT2D eigenvalue weighted by Crippen LogP contribution is -2.47. The standard InChI is InChI=1S/C46H62N4O11/c1-22(2)21-50-18-16-46(17-19-50)48-34-31-32-39(54)28(8)42-33(31)43(56)45(10,61-42)59-20-15-30(58-11)25(5)41(60-29(9)51)27(7)38(53)26(6)37(52)23(3)13-12-14-24(4)44(57)47-36(40(32)55)35(34)49-46/h12-15,20,22-23,25-27,30,37-38,41,48,52-55H,16-19,21H2,1-11H3/b13-12+,20-15+,24-14-,47-36?/t23-,25+,26+,27-,30+,37-,38+,41-,45-/m0/s1. The van der Waals surface area contributed by atoms with Crippen molar-refractivity contribution < 1.29 is 53.8 Å². The van der Waals surface area contributed by atoms with E-state index in [4.69, 9.17) is 23.9 Å². The third-order valence-electron chi connectivity index (χ3n) is 12.9. The summed E-state index contributed by atoms with van der Waals surface area (Å²) >= 11 is 0. The number of esters is 1. The summed E-state index contributed by atoms with van der Waals surface area (Å²) in [5.74, 6) is -6.57. The van der Waals surface area contributed by atoms with Crippen molar-refractivity contribution in [1.82, 2.24) is 4.90 Å². The summed E-state index contributed by atoms with van der Waals surface area (Å²) in [6.07, 6.45) is 5.07. The topological polar surface area (TPSA) is 209 Å². The Kier molecular flexibility index (Phi) is 13.1. The average molecular weight is 847 g/mol. The quantitative estimate of drug-likeness (QED) is 0.208. The monoisotopic (exact) mass is 846 g/mol. The van der Waals surface area contributed by atoms with Gasteiger partial charge in [-0.1, -0.05) is 59.8 Å². The van der Waals surface area contributed by atoms with E-state index < -0.39 is 82.9 Å². The van der Waals surface area contributed by atoms with Gasteiger partial charge >= 0.3 is 11.8 Å². The highest BCUT2D eigenvalue weighted by Gasteiger charge is 2.51. The van der Waals surface area contributed by atoms with E-state index in [1.165, 1.54) is 27.2 Å². The normalized spacial score (nSPS) is 32.7. The summed E-state index contributed by atoms with van der Waals surface area (Å²) in [6, 6.07) is 0. The number of ether oxygens (including phenoxy) is 4. The van der Waals surface area contributed by atoms with E-state index in [1.54, 1.807) is 65.8 Å². The van der Waals surface area contributed by atoms with E-state index >= 15 is 0 Å². The molecule has 0 saturated carbocycles. The maximum Gasteiger partial charge on any atom is 0.312 e. The van der Waals surface area contributed by atoms with Gasteiger partial charge in [0.05, 0.1) is 41.2 Å². The molecule has 0 unspecified atom stereocenters. The smallest absolute Gasteiger partial charge is 0.312 e. The first-order chi connectivity index (χ1) is 28.6. The number of fused-ring (bicyclic) bond motifs is 1. The van der Waals surface area contributed by atoms with E-state index in [0.29, 0.717) is 24.4 Å². The zero-order valence-corrected chi connectivity index (χ0v) is 37.1. The number of likely N-dealkylation sites (tertiary alicyclic amines) is 1. The number of nitrogens with one attached hydrogen (secondary N) is 1. The number of Topliss-reactive ketones (excluding diaryl/α,β-unsaturated/α-hetero) is 1. The van der Waals surface area contributed by atoms with Crippen LogP contribution in [0.3, 0.4) is 0 Å². The summed E-state index contributed by atoms with van der Waals surface area (Å²) in [4.78, 5) is 52.9. The summed E-state index contributed by atoms with van der Waals surface area (Å²) in [5.41, 5.74) is -0.111. The second-order valence-electron chi connectivity index (χ2n) is 18.0. The van der Waals surface area contributed by atoms with Gasteiger partial charge in [-0.3, -0.25) is 19.4 Å². The van der Waals surface area contributed by atoms with Crippen LogP contribution in [-0.2, 0) is 23.8 Å². The minimum atomic E-state index is -1.95. The van der Waals surface area contributed by atoms with E-state index in [2.05, 4.69) is 29.1 Å².